The van der Waals surface area contributed by atoms with Crippen molar-refractivity contribution in [2.24, 2.45) is 7.05 Å². The van der Waals surface area contributed by atoms with E-state index >= 15 is 4.39 Å². The van der Waals surface area contributed by atoms with Crippen molar-refractivity contribution >= 4 is 22.1 Å². The average molecular weight is 565 g/mol. The molecule has 0 bridgehead atoms. The predicted octanol–water partition coefficient (Wildman–Crippen LogP) is 7.44. The number of halogens is 1. The van der Waals surface area contributed by atoms with Crippen LogP contribution in [0.4, 0.5) is 4.39 Å². The van der Waals surface area contributed by atoms with E-state index in [2.05, 4.69) is 112 Å². The molecule has 0 atom stereocenters. The van der Waals surface area contributed by atoms with Crippen LogP contribution in [0.25, 0.3) is 33.5 Å². The number of nitrogens with zero attached hydrogens (tertiary/aromatic N) is 1. The van der Waals surface area contributed by atoms with Crippen LogP contribution in [0.5, 0.6) is 0 Å². The summed E-state index contributed by atoms with van der Waals surface area (Å²) in [7, 11) is 2.12. The molecule has 0 saturated heterocycles. The van der Waals surface area contributed by atoms with Crippen molar-refractivity contribution in [2.45, 2.75) is 69.8 Å². The molecule has 1 aliphatic heterocycles. The molecule has 4 aromatic rings. The fraction of sp³-hybridized carbons (Fsp3) is 0.343. The van der Waals surface area contributed by atoms with Gasteiger partial charge in [0.2, 0.25) is 0 Å². The second-order valence-corrected chi connectivity index (χ2v) is 22.3. The number of aryl methyl sites for hydroxylation is 2. The summed E-state index contributed by atoms with van der Waals surface area (Å²) < 4.78 is 21.1. The van der Waals surface area contributed by atoms with E-state index in [9.17, 15) is 0 Å². The molecule has 2 aliphatic rings. The number of pyridine rings is 1. The van der Waals surface area contributed by atoms with Gasteiger partial charge in [0.1, 0.15) is 0 Å². The van der Waals surface area contributed by atoms with Gasteiger partial charge in [-0.25, -0.2) is 0 Å². The molecule has 3 heteroatoms. The van der Waals surface area contributed by atoms with Crippen LogP contribution in [-0.4, -0.2) is 13.3 Å². The number of fused-ring (bicyclic) bond motifs is 4. The second kappa shape index (κ2) is 8.39. The number of hydrogen-bond donors (Lipinski definition) is 0. The van der Waals surface area contributed by atoms with Gasteiger partial charge in [-0.1, -0.05) is 0 Å². The molecule has 0 saturated carbocycles. The monoisotopic (exact) mass is 566 g/mol. The van der Waals surface area contributed by atoms with Gasteiger partial charge in [0.05, 0.1) is 0 Å². The van der Waals surface area contributed by atoms with Gasteiger partial charge in [0.15, 0.2) is 0 Å². The third kappa shape index (κ3) is 3.59. The van der Waals surface area contributed by atoms with Gasteiger partial charge in [-0.05, 0) is 0 Å². The van der Waals surface area contributed by atoms with Gasteiger partial charge in [0.25, 0.3) is 0 Å². The first-order valence-corrected chi connectivity index (χ1v) is 20.2. The van der Waals surface area contributed by atoms with Crippen molar-refractivity contribution in [3.63, 3.8) is 0 Å². The topological polar surface area (TPSA) is 3.88 Å². The molecule has 38 heavy (non-hydrogen) atoms. The zero-order chi connectivity index (χ0) is 27.2. The zero-order valence-electron chi connectivity index (χ0n) is 24.1. The van der Waals surface area contributed by atoms with Gasteiger partial charge in [-0.2, -0.15) is 0 Å². The average Bonchev–Trinajstić information content (AvgIpc) is 3.09. The normalized spacial score (nSPS) is 18.0. The van der Waals surface area contributed by atoms with E-state index in [-0.39, 0.29) is 16.6 Å². The van der Waals surface area contributed by atoms with Crippen molar-refractivity contribution in [2.75, 3.05) is 0 Å². The first-order chi connectivity index (χ1) is 17.8. The SMILES string of the molecule is Cc1ccc2[c](c1-c1cccc[n+]1C)[Ge]([CH3])([CH3])[c]1c-2ccc(F)c1-c1ccc2c(c1)C(C)(C)CCC2(C)C. The van der Waals surface area contributed by atoms with Crippen LogP contribution < -0.4 is 13.4 Å². The molecule has 2 heterocycles. The Morgan fingerprint density at radius 3 is 2.08 bits per heavy atom. The van der Waals surface area contributed by atoms with Crippen molar-refractivity contribution in [1.29, 1.82) is 0 Å². The Labute approximate surface area is 230 Å². The molecule has 0 amide bonds. The van der Waals surface area contributed by atoms with Gasteiger partial charge < -0.3 is 0 Å². The molecule has 1 nitrogen and oxygen atoms in total. The molecule has 0 spiro atoms. The Morgan fingerprint density at radius 2 is 1.39 bits per heavy atom. The van der Waals surface area contributed by atoms with Crippen LogP contribution in [-0.2, 0) is 17.9 Å². The molecule has 0 fully saturated rings. The third-order valence-corrected chi connectivity index (χ3v) is 17.0. The fourth-order valence-corrected chi connectivity index (χ4v) is 15.4. The van der Waals surface area contributed by atoms with E-state index in [4.69, 9.17) is 0 Å². The van der Waals surface area contributed by atoms with Crippen LogP contribution in [0.3, 0.4) is 0 Å². The Hall–Kier alpha value is -2.72. The van der Waals surface area contributed by atoms with Crippen LogP contribution >= 0.6 is 0 Å². The Kier molecular flexibility index (Phi) is 5.64. The standard InChI is InChI=1S/C35H39FGeN/c1-22-12-14-24-25-15-17-28(36)31(23-13-16-26-27(21-23)35(4,5)19-18-34(26,2)3)33(25)37(6,7)32(24)30(22)29-11-9-10-20-38(29)8/h9-17,20-21H,18-19H2,1-8H3/q+1. The van der Waals surface area contributed by atoms with Gasteiger partial charge >= 0.3 is 231 Å². The number of aromatic nitrogens is 1. The number of benzene rings is 3. The zero-order valence-corrected chi connectivity index (χ0v) is 26.2. The summed E-state index contributed by atoms with van der Waals surface area (Å²) in [6, 6.07) is 21.5. The Morgan fingerprint density at radius 1 is 0.763 bits per heavy atom. The van der Waals surface area contributed by atoms with Crippen LogP contribution in [0.1, 0.15) is 57.2 Å². The van der Waals surface area contributed by atoms with Crippen molar-refractivity contribution < 1.29 is 8.96 Å². The molecule has 194 valence electrons. The summed E-state index contributed by atoms with van der Waals surface area (Å²) in [6.45, 7) is 11.6. The summed E-state index contributed by atoms with van der Waals surface area (Å²) in [5.41, 5.74) is 11.3. The summed E-state index contributed by atoms with van der Waals surface area (Å²) in [4.78, 5) is 0. The summed E-state index contributed by atoms with van der Waals surface area (Å²) in [6.07, 6.45) is 4.45. The molecule has 6 rings (SSSR count). The van der Waals surface area contributed by atoms with Crippen LogP contribution in [0, 0.1) is 12.7 Å². The van der Waals surface area contributed by atoms with E-state index in [1.54, 1.807) is 6.07 Å². The van der Waals surface area contributed by atoms with E-state index in [1.165, 1.54) is 54.3 Å². The molecule has 0 unspecified atom stereocenters. The minimum atomic E-state index is -2.94. The fourth-order valence-electron chi connectivity index (χ4n) is 7.30. The summed E-state index contributed by atoms with van der Waals surface area (Å²) in [5, 5.41) is 0. The summed E-state index contributed by atoms with van der Waals surface area (Å²) >= 11 is -2.94. The molecule has 1 aromatic heterocycles. The van der Waals surface area contributed by atoms with Crippen LogP contribution in [0.2, 0.25) is 11.5 Å². The number of rotatable bonds is 2. The molecule has 1 aliphatic carbocycles. The predicted molar refractivity (Wildman–Crippen MR) is 161 cm³/mol. The van der Waals surface area contributed by atoms with Crippen LogP contribution in [0.15, 0.2) is 66.9 Å². The molecule has 0 N–H and O–H groups in total. The van der Waals surface area contributed by atoms with Gasteiger partial charge in [0, 0.05) is 0 Å². The van der Waals surface area contributed by atoms with E-state index in [0.717, 1.165) is 17.5 Å². The number of hydrogen-bond acceptors (Lipinski definition) is 0. The molecular formula is C35H39FGeN+. The Balaban J connectivity index is 1.63. The quantitative estimate of drug-likeness (QED) is 0.176. The molecular weight excluding hydrogens is 526 g/mol. The third-order valence-electron chi connectivity index (χ3n) is 9.56. The molecule has 0 radical (unpaired) electrons. The van der Waals surface area contributed by atoms with Gasteiger partial charge in [-0.3, -0.25) is 0 Å². The van der Waals surface area contributed by atoms with Crippen molar-refractivity contribution in [3.05, 3.63) is 89.4 Å². The maximum absolute atomic E-state index is 16.1. The van der Waals surface area contributed by atoms with Crippen molar-refractivity contribution in [1.82, 2.24) is 0 Å². The summed E-state index contributed by atoms with van der Waals surface area (Å²) in [5.74, 6) is 4.84. The molecule has 3 aromatic carbocycles. The minimum absolute atomic E-state index is 0.0849. The first-order valence-electron chi connectivity index (χ1n) is 13.9. The second-order valence-electron chi connectivity index (χ2n) is 13.4. The van der Waals surface area contributed by atoms with E-state index in [0.29, 0.717) is 0 Å². The Bertz CT molecular complexity index is 1630. The van der Waals surface area contributed by atoms with Gasteiger partial charge in [-0.15, -0.1) is 0 Å². The first kappa shape index (κ1) is 25.6. The van der Waals surface area contributed by atoms with Crippen molar-refractivity contribution in [3.8, 4) is 33.5 Å². The maximum atomic E-state index is 16.1. The van der Waals surface area contributed by atoms with E-state index < -0.39 is 13.3 Å². The van der Waals surface area contributed by atoms with E-state index in [1.807, 2.05) is 6.07 Å².